The minimum Gasteiger partial charge on any atom is -0.497 e. The van der Waals surface area contributed by atoms with Crippen LogP contribution in [0.5, 0.6) is 28.7 Å². The van der Waals surface area contributed by atoms with Crippen LogP contribution in [0.4, 0.5) is 5.69 Å². The summed E-state index contributed by atoms with van der Waals surface area (Å²) in [6.07, 6.45) is 0. The maximum atomic E-state index is 12.8. The molecule has 0 radical (unpaired) electrons. The summed E-state index contributed by atoms with van der Waals surface area (Å²) in [5.74, 6) is 2.04. The predicted octanol–water partition coefficient (Wildman–Crippen LogP) is 4.05. The maximum Gasteiger partial charge on any atom is 0.270 e. The first kappa shape index (κ1) is 20.0. The van der Waals surface area contributed by atoms with Gasteiger partial charge in [0.15, 0.2) is 11.5 Å². The van der Waals surface area contributed by atoms with Gasteiger partial charge < -0.3 is 24.3 Å². The van der Waals surface area contributed by atoms with Crippen molar-refractivity contribution in [3.8, 4) is 28.7 Å². The molecule has 0 atom stereocenters. The number of methoxy groups -OCH3 is 1. The molecule has 158 valence electrons. The Bertz CT molecular complexity index is 1130. The first-order valence-electron chi connectivity index (χ1n) is 9.30. The van der Waals surface area contributed by atoms with Gasteiger partial charge in [0.05, 0.1) is 17.6 Å². The van der Waals surface area contributed by atoms with E-state index in [0.29, 0.717) is 23.0 Å². The van der Waals surface area contributed by atoms with Crippen LogP contribution in [-0.4, -0.2) is 24.7 Å². The topological polar surface area (TPSA) is 109 Å². The molecule has 1 aliphatic heterocycles. The lowest BCUT2D eigenvalue weighted by molar-refractivity contribution is -0.384. The number of carbonyl (C=O) groups is 1. The quantitative estimate of drug-likeness (QED) is 0.452. The van der Waals surface area contributed by atoms with Gasteiger partial charge in [-0.3, -0.25) is 14.9 Å². The van der Waals surface area contributed by atoms with Gasteiger partial charge in [-0.05, 0) is 48.0 Å². The molecule has 3 aromatic carbocycles. The number of fused-ring (bicyclic) bond motifs is 1. The molecule has 0 aliphatic carbocycles. The molecule has 9 nitrogen and oxygen atoms in total. The van der Waals surface area contributed by atoms with Gasteiger partial charge in [0.2, 0.25) is 6.79 Å². The van der Waals surface area contributed by atoms with Gasteiger partial charge >= 0.3 is 0 Å². The van der Waals surface area contributed by atoms with Crippen LogP contribution < -0.4 is 24.3 Å². The van der Waals surface area contributed by atoms with Crippen LogP contribution in [0.1, 0.15) is 15.9 Å². The molecule has 3 aromatic rings. The number of amides is 1. The van der Waals surface area contributed by atoms with Crippen molar-refractivity contribution < 1.29 is 28.7 Å². The molecule has 0 aromatic heterocycles. The maximum absolute atomic E-state index is 12.8. The summed E-state index contributed by atoms with van der Waals surface area (Å²) in [5.41, 5.74) is 0.627. The van der Waals surface area contributed by atoms with E-state index in [9.17, 15) is 14.9 Å². The molecule has 9 heteroatoms. The minimum absolute atomic E-state index is 0.0470. The van der Waals surface area contributed by atoms with E-state index in [1.54, 1.807) is 49.6 Å². The minimum atomic E-state index is -0.564. The van der Waals surface area contributed by atoms with Crippen molar-refractivity contribution in [3.05, 3.63) is 81.9 Å². The number of nitrogens with zero attached hydrogens (tertiary/aromatic N) is 1. The van der Waals surface area contributed by atoms with Crippen molar-refractivity contribution in [3.63, 3.8) is 0 Å². The van der Waals surface area contributed by atoms with Crippen LogP contribution in [0.3, 0.4) is 0 Å². The molecule has 0 fully saturated rings. The van der Waals surface area contributed by atoms with Crippen molar-refractivity contribution in [1.29, 1.82) is 0 Å². The Kier molecular flexibility index (Phi) is 5.57. The van der Waals surface area contributed by atoms with Crippen molar-refractivity contribution in [2.75, 3.05) is 13.9 Å². The fraction of sp³-hybridized carbons (Fsp3) is 0.136. The third-order valence-electron chi connectivity index (χ3n) is 4.60. The summed E-state index contributed by atoms with van der Waals surface area (Å²) in [6.45, 7) is 0.352. The standard InChI is InChI=1S/C22H18N2O7/c1-28-16-4-6-17(7-5-16)31-19-9-3-15(24(26)27)11-18(19)22(25)23-12-14-2-8-20-21(10-14)30-13-29-20/h2-11H,12-13H2,1H3,(H,23,25). The van der Waals surface area contributed by atoms with E-state index >= 15 is 0 Å². The summed E-state index contributed by atoms with van der Waals surface area (Å²) in [5, 5.41) is 14.0. The van der Waals surface area contributed by atoms with Crippen LogP contribution in [0, 0.1) is 10.1 Å². The summed E-state index contributed by atoms with van der Waals surface area (Å²) in [4.78, 5) is 23.5. The smallest absolute Gasteiger partial charge is 0.270 e. The Morgan fingerprint density at radius 3 is 2.52 bits per heavy atom. The Labute approximate surface area is 177 Å². The Morgan fingerprint density at radius 1 is 1.03 bits per heavy atom. The lowest BCUT2D eigenvalue weighted by Gasteiger charge is -2.12. The highest BCUT2D eigenvalue weighted by atomic mass is 16.7. The zero-order valence-corrected chi connectivity index (χ0v) is 16.5. The SMILES string of the molecule is COc1ccc(Oc2ccc([N+](=O)[O-])cc2C(=O)NCc2ccc3c(c2)OCO3)cc1. The van der Waals surface area contributed by atoms with Crippen LogP contribution in [0.2, 0.25) is 0 Å². The van der Waals surface area contributed by atoms with E-state index in [2.05, 4.69) is 5.32 Å². The van der Waals surface area contributed by atoms with Gasteiger partial charge in [-0.15, -0.1) is 0 Å². The molecule has 1 heterocycles. The molecule has 4 rings (SSSR count). The number of rotatable bonds is 7. The van der Waals surface area contributed by atoms with Crippen molar-refractivity contribution in [1.82, 2.24) is 5.32 Å². The Hall–Kier alpha value is -4.27. The van der Waals surface area contributed by atoms with Crippen LogP contribution in [-0.2, 0) is 6.54 Å². The highest BCUT2D eigenvalue weighted by Crippen LogP contribution is 2.33. The Morgan fingerprint density at radius 2 is 1.77 bits per heavy atom. The Balaban J connectivity index is 1.54. The number of nitrogens with one attached hydrogen (secondary N) is 1. The number of non-ortho nitro benzene ring substituents is 1. The molecule has 31 heavy (non-hydrogen) atoms. The largest absolute Gasteiger partial charge is 0.497 e. The summed E-state index contributed by atoms with van der Waals surface area (Å²) < 4.78 is 21.5. The molecule has 0 saturated carbocycles. The first-order valence-corrected chi connectivity index (χ1v) is 9.30. The van der Waals surface area contributed by atoms with E-state index in [0.717, 1.165) is 5.56 Å². The predicted molar refractivity (Wildman–Crippen MR) is 110 cm³/mol. The first-order chi connectivity index (χ1) is 15.0. The molecule has 0 bridgehead atoms. The summed E-state index contributed by atoms with van der Waals surface area (Å²) in [7, 11) is 1.55. The van der Waals surface area contributed by atoms with Gasteiger partial charge in [0, 0.05) is 18.7 Å². The second-order valence-corrected chi connectivity index (χ2v) is 6.59. The van der Waals surface area contributed by atoms with Gasteiger partial charge in [0.1, 0.15) is 17.2 Å². The molecular formula is C22H18N2O7. The highest BCUT2D eigenvalue weighted by molar-refractivity contribution is 5.97. The molecule has 1 aliphatic rings. The number of benzene rings is 3. The summed E-state index contributed by atoms with van der Waals surface area (Å²) >= 11 is 0. The van der Waals surface area contributed by atoms with Crippen LogP contribution in [0.15, 0.2) is 60.7 Å². The second-order valence-electron chi connectivity index (χ2n) is 6.59. The third-order valence-corrected chi connectivity index (χ3v) is 4.60. The van der Waals surface area contributed by atoms with Crippen molar-refractivity contribution in [2.45, 2.75) is 6.54 Å². The fourth-order valence-corrected chi connectivity index (χ4v) is 3.00. The second kappa shape index (κ2) is 8.62. The average Bonchev–Trinajstić information content (AvgIpc) is 3.26. The third kappa shape index (κ3) is 4.50. The molecule has 0 unspecified atom stereocenters. The van der Waals surface area contributed by atoms with Crippen molar-refractivity contribution in [2.24, 2.45) is 0 Å². The zero-order valence-electron chi connectivity index (χ0n) is 16.5. The van der Waals surface area contributed by atoms with Gasteiger partial charge in [-0.25, -0.2) is 0 Å². The van der Waals surface area contributed by atoms with E-state index in [4.69, 9.17) is 18.9 Å². The van der Waals surface area contributed by atoms with E-state index < -0.39 is 10.8 Å². The van der Waals surface area contributed by atoms with E-state index in [1.165, 1.54) is 18.2 Å². The molecule has 1 N–H and O–H groups in total. The lowest BCUT2D eigenvalue weighted by atomic mass is 10.1. The monoisotopic (exact) mass is 422 g/mol. The lowest BCUT2D eigenvalue weighted by Crippen LogP contribution is -2.23. The molecular weight excluding hydrogens is 404 g/mol. The zero-order chi connectivity index (χ0) is 21.8. The summed E-state index contributed by atoms with van der Waals surface area (Å²) in [6, 6.07) is 16.0. The fourth-order valence-electron chi connectivity index (χ4n) is 3.00. The van der Waals surface area contributed by atoms with Crippen molar-refractivity contribution >= 4 is 11.6 Å². The average molecular weight is 422 g/mol. The highest BCUT2D eigenvalue weighted by Gasteiger charge is 2.19. The molecule has 0 saturated heterocycles. The number of carbonyl (C=O) groups excluding carboxylic acids is 1. The number of nitro benzene ring substituents is 1. The normalized spacial score (nSPS) is 11.6. The van der Waals surface area contributed by atoms with Crippen LogP contribution in [0.25, 0.3) is 0 Å². The molecule has 0 spiro atoms. The van der Waals surface area contributed by atoms with Gasteiger partial charge in [-0.2, -0.15) is 0 Å². The number of hydrogen-bond acceptors (Lipinski definition) is 7. The van der Waals surface area contributed by atoms with E-state index in [-0.39, 0.29) is 30.3 Å². The van der Waals surface area contributed by atoms with Gasteiger partial charge in [-0.1, -0.05) is 6.07 Å². The number of ether oxygens (including phenoxy) is 4. The van der Waals surface area contributed by atoms with Gasteiger partial charge in [0.25, 0.3) is 11.6 Å². The number of hydrogen-bond donors (Lipinski definition) is 1. The van der Waals surface area contributed by atoms with Crippen LogP contribution >= 0.6 is 0 Å². The van der Waals surface area contributed by atoms with E-state index in [1.807, 2.05) is 0 Å². The molecule has 1 amide bonds. The number of nitro groups is 1.